The van der Waals surface area contributed by atoms with Gasteiger partial charge >= 0.3 is 0 Å². The Morgan fingerprint density at radius 3 is 2.54 bits per heavy atom. The van der Waals surface area contributed by atoms with Gasteiger partial charge in [0.05, 0.1) is 39.7 Å². The van der Waals surface area contributed by atoms with Crippen molar-refractivity contribution in [3.05, 3.63) is 107 Å². The molecule has 0 bridgehead atoms. The van der Waals surface area contributed by atoms with Gasteiger partial charge in [0, 0.05) is 5.56 Å². The molecule has 9 heteroatoms. The van der Waals surface area contributed by atoms with Crippen LogP contribution >= 0.6 is 11.6 Å². The van der Waals surface area contributed by atoms with Crippen molar-refractivity contribution in [3.63, 3.8) is 0 Å². The van der Waals surface area contributed by atoms with Crippen LogP contribution in [0.4, 0.5) is 0 Å². The summed E-state index contributed by atoms with van der Waals surface area (Å²) in [5, 5.41) is 10.0. The highest BCUT2D eigenvalue weighted by atomic mass is 35.5. The number of benzene rings is 2. The summed E-state index contributed by atoms with van der Waals surface area (Å²) in [6.07, 6.45) is 3.26. The molecule has 4 aromatic heterocycles. The molecule has 0 saturated heterocycles. The minimum Gasteiger partial charge on any atom is -0.468 e. The first kappa shape index (κ1) is 20.0. The average Bonchev–Trinajstić information content (AvgIpc) is 3.63. The number of hydrogen-bond donors (Lipinski definition) is 0. The maximum absolute atomic E-state index is 6.43. The van der Waals surface area contributed by atoms with Crippen LogP contribution in [0.25, 0.3) is 22.7 Å². The molecule has 0 amide bonds. The fraction of sp³-hybridized carbons (Fsp3) is 0.0769. The minimum atomic E-state index is -0.333. The molecule has 5 heterocycles. The van der Waals surface area contributed by atoms with Crippen molar-refractivity contribution >= 4 is 17.2 Å². The van der Waals surface area contributed by atoms with Crippen LogP contribution in [0.5, 0.6) is 11.8 Å². The van der Waals surface area contributed by atoms with Gasteiger partial charge in [-0.3, -0.25) is 0 Å². The third kappa shape index (κ3) is 3.00. The summed E-state index contributed by atoms with van der Waals surface area (Å²) in [6, 6.07) is 21.2. The monoisotopic (exact) mass is 480 g/mol. The molecule has 0 unspecified atom stereocenters. The van der Waals surface area contributed by atoms with E-state index >= 15 is 0 Å². The topological polar surface area (TPSA) is 83.3 Å². The molecule has 2 aromatic carbocycles. The second kappa shape index (κ2) is 7.54. The van der Waals surface area contributed by atoms with Crippen LogP contribution in [-0.2, 0) is 0 Å². The number of aryl methyl sites for hydroxylation is 1. The summed E-state index contributed by atoms with van der Waals surface area (Å²) in [6.45, 7) is 1.97. The first-order chi connectivity index (χ1) is 17.2. The van der Waals surface area contributed by atoms with E-state index in [4.69, 9.17) is 30.8 Å². The molecule has 8 nitrogen and oxygen atoms in total. The van der Waals surface area contributed by atoms with E-state index in [1.54, 1.807) is 21.8 Å². The molecule has 0 spiro atoms. The number of furan rings is 1. The van der Waals surface area contributed by atoms with Gasteiger partial charge in [-0.2, -0.15) is 5.10 Å². The zero-order chi connectivity index (χ0) is 23.5. The molecule has 35 heavy (non-hydrogen) atoms. The lowest BCUT2D eigenvalue weighted by Crippen LogP contribution is -2.15. The average molecular weight is 481 g/mol. The van der Waals surface area contributed by atoms with Crippen LogP contribution in [-0.4, -0.2) is 29.4 Å². The van der Waals surface area contributed by atoms with Crippen molar-refractivity contribution < 1.29 is 9.15 Å². The highest BCUT2D eigenvalue weighted by molar-refractivity contribution is 6.33. The highest BCUT2D eigenvalue weighted by Gasteiger charge is 2.39. The first-order valence-electron chi connectivity index (χ1n) is 11.1. The van der Waals surface area contributed by atoms with Crippen molar-refractivity contribution in [3.8, 4) is 28.8 Å². The second-order valence-corrected chi connectivity index (χ2v) is 8.66. The molecular weight excluding hydrogens is 464 g/mol. The fourth-order valence-electron chi connectivity index (χ4n) is 4.62. The van der Waals surface area contributed by atoms with Crippen molar-refractivity contribution in [2.75, 3.05) is 0 Å². The number of halogens is 1. The maximum atomic E-state index is 6.43. The van der Waals surface area contributed by atoms with E-state index in [2.05, 4.69) is 10.1 Å². The molecule has 1 atom stereocenters. The number of nitrogens with zero attached hydrogens (tertiary/aromatic N) is 6. The Bertz CT molecular complexity index is 1710. The molecular formula is C26H17ClN6O2. The van der Waals surface area contributed by atoms with Crippen molar-refractivity contribution in [1.29, 1.82) is 0 Å². The summed E-state index contributed by atoms with van der Waals surface area (Å²) in [5.41, 5.74) is 4.73. The molecule has 170 valence electrons. The molecule has 1 aliphatic heterocycles. The standard InChI is InChI=1S/C26H17ClN6O2/c1-15-20-21(19-12-7-13-34-19)22-24-29-23(17-10-5-6-11-18(17)27)31-32(24)14-28-25(22)35-26(20)33(30-15)16-8-3-2-4-9-16/h2-14,21H,1H3/t21-/m1/s1. The SMILES string of the molecule is Cc1nn(-c2ccccc2)c2c1[C@@H](c1ccco1)c1c(ncn3nc(-c4ccccc4Cl)nc13)O2. The lowest BCUT2D eigenvalue weighted by molar-refractivity contribution is 0.392. The number of para-hydroxylation sites is 1. The van der Waals surface area contributed by atoms with Crippen LogP contribution in [0.3, 0.4) is 0 Å². The third-order valence-electron chi connectivity index (χ3n) is 6.16. The predicted molar refractivity (Wildman–Crippen MR) is 129 cm³/mol. The molecule has 0 radical (unpaired) electrons. The van der Waals surface area contributed by atoms with Gasteiger partial charge < -0.3 is 9.15 Å². The number of hydrogen-bond acceptors (Lipinski definition) is 6. The van der Waals surface area contributed by atoms with Gasteiger partial charge in [-0.1, -0.05) is 41.9 Å². The molecule has 0 aliphatic carbocycles. The van der Waals surface area contributed by atoms with Gasteiger partial charge in [-0.25, -0.2) is 19.2 Å². The summed E-state index contributed by atoms with van der Waals surface area (Å²) in [5.74, 6) is 1.95. The van der Waals surface area contributed by atoms with Crippen LogP contribution in [0.15, 0.2) is 83.7 Å². The summed E-state index contributed by atoms with van der Waals surface area (Å²) >= 11 is 6.43. The normalized spacial score (nSPS) is 14.5. The van der Waals surface area contributed by atoms with E-state index in [-0.39, 0.29) is 5.92 Å². The quantitative estimate of drug-likeness (QED) is 0.317. The van der Waals surface area contributed by atoms with E-state index < -0.39 is 0 Å². The molecule has 0 N–H and O–H groups in total. The number of ether oxygens (including phenoxy) is 1. The molecule has 0 fully saturated rings. The van der Waals surface area contributed by atoms with Gasteiger partial charge in [0.1, 0.15) is 12.1 Å². The Hall–Kier alpha value is -4.43. The van der Waals surface area contributed by atoms with Crippen LogP contribution < -0.4 is 4.74 Å². The molecule has 7 rings (SSSR count). The van der Waals surface area contributed by atoms with Gasteiger partial charge in [0.15, 0.2) is 11.5 Å². The van der Waals surface area contributed by atoms with Gasteiger partial charge in [-0.15, -0.1) is 5.10 Å². The maximum Gasteiger partial charge on any atom is 0.230 e. The first-order valence-corrected chi connectivity index (χ1v) is 11.4. The lowest BCUT2D eigenvalue weighted by Gasteiger charge is -2.24. The Balaban J connectivity index is 1.49. The number of fused-ring (bicyclic) bond motifs is 4. The van der Waals surface area contributed by atoms with Gasteiger partial charge in [-0.05, 0) is 43.3 Å². The largest absolute Gasteiger partial charge is 0.468 e. The smallest absolute Gasteiger partial charge is 0.230 e. The third-order valence-corrected chi connectivity index (χ3v) is 6.49. The van der Waals surface area contributed by atoms with Crippen molar-refractivity contribution in [2.45, 2.75) is 12.8 Å². The molecule has 1 aliphatic rings. The van der Waals surface area contributed by atoms with Crippen LogP contribution in [0.1, 0.15) is 28.5 Å². The molecule has 0 saturated carbocycles. The summed E-state index contributed by atoms with van der Waals surface area (Å²) in [7, 11) is 0. The summed E-state index contributed by atoms with van der Waals surface area (Å²) in [4.78, 5) is 9.47. The van der Waals surface area contributed by atoms with E-state index in [1.165, 1.54) is 0 Å². The van der Waals surface area contributed by atoms with Gasteiger partial charge in [0.2, 0.25) is 11.8 Å². The lowest BCUT2D eigenvalue weighted by atomic mass is 9.88. The van der Waals surface area contributed by atoms with Gasteiger partial charge in [0.25, 0.3) is 0 Å². The van der Waals surface area contributed by atoms with Crippen LogP contribution in [0, 0.1) is 6.92 Å². The zero-order valence-electron chi connectivity index (χ0n) is 18.5. The Labute approximate surface area is 204 Å². The summed E-state index contributed by atoms with van der Waals surface area (Å²) < 4.78 is 15.8. The Morgan fingerprint density at radius 2 is 1.74 bits per heavy atom. The Morgan fingerprint density at radius 1 is 0.914 bits per heavy atom. The van der Waals surface area contributed by atoms with E-state index in [0.717, 1.165) is 33.8 Å². The number of rotatable bonds is 3. The highest BCUT2D eigenvalue weighted by Crippen LogP contribution is 2.49. The Kier molecular flexibility index (Phi) is 4.31. The van der Waals surface area contributed by atoms with E-state index in [1.807, 2.05) is 73.7 Å². The van der Waals surface area contributed by atoms with Crippen LogP contribution in [0.2, 0.25) is 5.02 Å². The van der Waals surface area contributed by atoms with E-state index in [9.17, 15) is 0 Å². The predicted octanol–water partition coefficient (Wildman–Crippen LogP) is 5.82. The van der Waals surface area contributed by atoms with Crippen molar-refractivity contribution in [2.24, 2.45) is 0 Å². The fourth-order valence-corrected chi connectivity index (χ4v) is 4.84. The number of aromatic nitrogens is 6. The van der Waals surface area contributed by atoms with Crippen molar-refractivity contribution in [1.82, 2.24) is 29.4 Å². The second-order valence-electron chi connectivity index (χ2n) is 8.25. The molecule has 6 aromatic rings. The zero-order valence-corrected chi connectivity index (χ0v) is 19.2. The van der Waals surface area contributed by atoms with E-state index in [0.29, 0.717) is 28.3 Å². The minimum absolute atomic E-state index is 0.333.